The number of aromatic hydroxyl groups is 1. The average molecular weight is 301 g/mol. The Hall–Kier alpha value is -1.31. The number of rotatable bonds is 1. The van der Waals surface area contributed by atoms with Gasteiger partial charge in [0.05, 0.1) is 5.69 Å². The maximum atomic E-state index is 10.7. The van der Waals surface area contributed by atoms with Gasteiger partial charge in [0, 0.05) is 16.8 Å². The Bertz CT molecular complexity index is 527. The number of hydrogen-bond acceptors (Lipinski definition) is 2. The molecule has 0 radical (unpaired) electrons. The van der Waals surface area contributed by atoms with Crippen LogP contribution in [0.25, 0.3) is 0 Å². The second-order valence-electron chi connectivity index (χ2n) is 8.63. The number of nitrogens with zero attached hydrogens (tertiary/aromatic N) is 1. The first-order chi connectivity index (χ1) is 10.1. The third kappa shape index (κ3) is 3.91. The second-order valence-corrected chi connectivity index (χ2v) is 8.63. The summed E-state index contributed by atoms with van der Waals surface area (Å²) < 4.78 is 0. The molecular weight excluding hydrogens is 270 g/mol. The van der Waals surface area contributed by atoms with E-state index in [1.165, 1.54) is 25.0 Å². The fourth-order valence-corrected chi connectivity index (χ4v) is 3.08. The van der Waals surface area contributed by atoms with Crippen molar-refractivity contribution in [2.75, 3.05) is 0 Å². The van der Waals surface area contributed by atoms with Crippen LogP contribution >= 0.6 is 0 Å². The lowest BCUT2D eigenvalue weighted by molar-refractivity contribution is 0.423. The average Bonchev–Trinajstić information content (AvgIpc) is 2.39. The van der Waals surface area contributed by atoms with Crippen LogP contribution in [0, 0.1) is 0 Å². The van der Waals surface area contributed by atoms with Gasteiger partial charge in [0.2, 0.25) is 0 Å². The molecule has 2 heteroatoms. The van der Waals surface area contributed by atoms with Crippen molar-refractivity contribution in [2.24, 2.45) is 4.99 Å². The van der Waals surface area contributed by atoms with Crippen LogP contribution in [0.3, 0.4) is 0 Å². The second kappa shape index (κ2) is 6.06. The molecule has 0 amide bonds. The third-order valence-electron chi connectivity index (χ3n) is 4.43. The highest BCUT2D eigenvalue weighted by atomic mass is 16.3. The molecular formula is C20H31NO. The van der Waals surface area contributed by atoms with Gasteiger partial charge in [-0.1, -0.05) is 48.0 Å². The normalized spacial score (nSPS) is 16.7. The Morgan fingerprint density at radius 3 is 1.68 bits per heavy atom. The zero-order chi connectivity index (χ0) is 16.5. The quantitative estimate of drug-likeness (QED) is 0.675. The summed E-state index contributed by atoms with van der Waals surface area (Å²) >= 11 is 0. The lowest BCUT2D eigenvalue weighted by Crippen LogP contribution is -2.17. The summed E-state index contributed by atoms with van der Waals surface area (Å²) in [5.41, 5.74) is 4.13. The van der Waals surface area contributed by atoms with Crippen LogP contribution in [-0.2, 0) is 10.8 Å². The van der Waals surface area contributed by atoms with Crippen LogP contribution in [0.15, 0.2) is 17.1 Å². The standard InChI is InChI=1S/C20H31NO/c1-19(2,3)16-12-15(21-14-10-8-7-9-11-14)13-17(18(16)22)20(4,5)6/h12-13,22H,7-11H2,1-6H3. The number of phenols is 1. The zero-order valence-corrected chi connectivity index (χ0v) is 15.1. The maximum absolute atomic E-state index is 10.7. The van der Waals surface area contributed by atoms with E-state index in [4.69, 9.17) is 4.99 Å². The molecule has 1 aliphatic carbocycles. The van der Waals surface area contributed by atoms with E-state index >= 15 is 0 Å². The third-order valence-corrected chi connectivity index (χ3v) is 4.43. The number of hydrogen-bond donors (Lipinski definition) is 1. The van der Waals surface area contributed by atoms with Crippen molar-refractivity contribution >= 4 is 11.4 Å². The molecule has 1 aromatic rings. The van der Waals surface area contributed by atoms with Crippen LogP contribution in [0.5, 0.6) is 5.75 Å². The van der Waals surface area contributed by atoms with Gasteiger partial charge in [0.15, 0.2) is 0 Å². The highest BCUT2D eigenvalue weighted by molar-refractivity contribution is 5.87. The van der Waals surface area contributed by atoms with Crippen molar-refractivity contribution in [3.8, 4) is 5.75 Å². The Morgan fingerprint density at radius 1 is 0.818 bits per heavy atom. The van der Waals surface area contributed by atoms with Crippen molar-refractivity contribution in [3.63, 3.8) is 0 Å². The molecule has 0 aliphatic heterocycles. The van der Waals surface area contributed by atoms with Crippen molar-refractivity contribution in [2.45, 2.75) is 84.5 Å². The molecule has 0 saturated heterocycles. The predicted molar refractivity (Wildman–Crippen MR) is 95.7 cm³/mol. The molecule has 2 rings (SSSR count). The molecule has 0 unspecified atom stereocenters. The van der Waals surface area contributed by atoms with E-state index < -0.39 is 0 Å². The van der Waals surface area contributed by atoms with Gasteiger partial charge in [0.25, 0.3) is 0 Å². The van der Waals surface area contributed by atoms with E-state index in [-0.39, 0.29) is 10.8 Å². The summed E-state index contributed by atoms with van der Waals surface area (Å²) in [5, 5.41) is 10.7. The van der Waals surface area contributed by atoms with E-state index in [2.05, 4.69) is 53.7 Å². The van der Waals surface area contributed by atoms with Gasteiger partial charge >= 0.3 is 0 Å². The molecule has 1 saturated carbocycles. The molecule has 0 bridgehead atoms. The van der Waals surface area contributed by atoms with Gasteiger partial charge in [-0.25, -0.2) is 0 Å². The summed E-state index contributed by atoms with van der Waals surface area (Å²) in [7, 11) is 0. The first-order valence-electron chi connectivity index (χ1n) is 8.53. The molecule has 0 aromatic heterocycles. The van der Waals surface area contributed by atoms with Gasteiger partial charge in [0.1, 0.15) is 5.75 Å². The van der Waals surface area contributed by atoms with Gasteiger partial charge < -0.3 is 5.11 Å². The van der Waals surface area contributed by atoms with Crippen LogP contribution in [-0.4, -0.2) is 10.8 Å². The summed E-state index contributed by atoms with van der Waals surface area (Å²) in [6.07, 6.45) is 6.09. The molecule has 0 spiro atoms. The number of aliphatic imine (C=N–C) groups is 1. The molecule has 22 heavy (non-hydrogen) atoms. The minimum absolute atomic E-state index is 0.0904. The smallest absolute Gasteiger partial charge is 0.123 e. The SMILES string of the molecule is CC(C)(C)c1cc(N=C2CCCCC2)cc(C(C)(C)C)c1O. The van der Waals surface area contributed by atoms with Crippen LogP contribution < -0.4 is 0 Å². The van der Waals surface area contributed by atoms with Gasteiger partial charge in [-0.3, -0.25) is 4.99 Å². The lowest BCUT2D eigenvalue weighted by Gasteiger charge is -2.27. The minimum atomic E-state index is -0.0904. The lowest BCUT2D eigenvalue weighted by atomic mass is 9.79. The van der Waals surface area contributed by atoms with Crippen molar-refractivity contribution in [1.82, 2.24) is 0 Å². The Balaban J connectivity index is 2.55. The summed E-state index contributed by atoms with van der Waals surface area (Å²) in [6, 6.07) is 4.15. The topological polar surface area (TPSA) is 32.6 Å². The number of phenolic OH excluding ortho intramolecular Hbond substituents is 1. The fourth-order valence-electron chi connectivity index (χ4n) is 3.08. The molecule has 1 aliphatic rings. The van der Waals surface area contributed by atoms with Crippen LogP contribution in [0.4, 0.5) is 5.69 Å². The Labute approximate surface area is 135 Å². The molecule has 2 nitrogen and oxygen atoms in total. The van der Waals surface area contributed by atoms with Crippen LogP contribution in [0.1, 0.15) is 84.8 Å². The van der Waals surface area contributed by atoms with E-state index in [1.807, 2.05) is 0 Å². The molecule has 122 valence electrons. The fraction of sp³-hybridized carbons (Fsp3) is 0.650. The Morgan fingerprint density at radius 2 is 1.27 bits per heavy atom. The minimum Gasteiger partial charge on any atom is -0.507 e. The van der Waals surface area contributed by atoms with E-state index in [0.29, 0.717) is 5.75 Å². The van der Waals surface area contributed by atoms with E-state index in [1.54, 1.807) is 0 Å². The first-order valence-corrected chi connectivity index (χ1v) is 8.53. The van der Waals surface area contributed by atoms with E-state index in [0.717, 1.165) is 29.7 Å². The maximum Gasteiger partial charge on any atom is 0.123 e. The van der Waals surface area contributed by atoms with Crippen molar-refractivity contribution < 1.29 is 5.11 Å². The molecule has 1 N–H and O–H groups in total. The summed E-state index contributed by atoms with van der Waals surface area (Å²) in [5.74, 6) is 0.438. The monoisotopic (exact) mass is 301 g/mol. The summed E-state index contributed by atoms with van der Waals surface area (Å²) in [4.78, 5) is 4.91. The highest BCUT2D eigenvalue weighted by Gasteiger charge is 2.26. The van der Waals surface area contributed by atoms with Gasteiger partial charge in [-0.15, -0.1) is 0 Å². The number of benzene rings is 1. The largest absolute Gasteiger partial charge is 0.507 e. The summed E-state index contributed by atoms with van der Waals surface area (Å²) in [6.45, 7) is 12.9. The van der Waals surface area contributed by atoms with Gasteiger partial charge in [-0.2, -0.15) is 0 Å². The van der Waals surface area contributed by atoms with E-state index in [9.17, 15) is 5.11 Å². The first kappa shape index (κ1) is 17.1. The van der Waals surface area contributed by atoms with Gasteiger partial charge in [-0.05, 0) is 48.6 Å². The molecule has 1 fully saturated rings. The molecule has 0 atom stereocenters. The molecule has 1 aromatic carbocycles. The van der Waals surface area contributed by atoms with Crippen LogP contribution in [0.2, 0.25) is 0 Å². The molecule has 0 heterocycles. The Kier molecular flexibility index (Phi) is 4.70. The van der Waals surface area contributed by atoms with Crippen molar-refractivity contribution in [3.05, 3.63) is 23.3 Å². The predicted octanol–water partition coefficient (Wildman–Crippen LogP) is 6.02. The highest BCUT2D eigenvalue weighted by Crippen LogP contribution is 2.41. The van der Waals surface area contributed by atoms with Crippen molar-refractivity contribution in [1.29, 1.82) is 0 Å². The zero-order valence-electron chi connectivity index (χ0n) is 15.1.